The smallest absolute Gasteiger partial charge is 0.244 e. The van der Waals surface area contributed by atoms with Crippen molar-refractivity contribution in [1.29, 1.82) is 0 Å². The van der Waals surface area contributed by atoms with Gasteiger partial charge in [0.2, 0.25) is 10.0 Å². The van der Waals surface area contributed by atoms with Crippen molar-refractivity contribution in [1.82, 2.24) is 9.29 Å². The molecule has 0 amide bonds. The third kappa shape index (κ3) is 2.38. The van der Waals surface area contributed by atoms with Crippen LogP contribution >= 0.6 is 11.6 Å². The number of piperidine rings is 1. The van der Waals surface area contributed by atoms with Crippen LogP contribution in [0.15, 0.2) is 23.2 Å². The Morgan fingerprint density at radius 2 is 1.95 bits per heavy atom. The van der Waals surface area contributed by atoms with Crippen molar-refractivity contribution >= 4 is 21.6 Å². The molecular formula is C12H15ClN2O3S. The molecule has 19 heavy (non-hydrogen) atoms. The molecule has 0 atom stereocenters. The predicted molar refractivity (Wildman–Crippen MR) is 70.5 cm³/mol. The van der Waals surface area contributed by atoms with Crippen molar-refractivity contribution in [3.63, 3.8) is 0 Å². The van der Waals surface area contributed by atoms with E-state index >= 15 is 0 Å². The van der Waals surface area contributed by atoms with Gasteiger partial charge in [0.25, 0.3) is 0 Å². The maximum absolute atomic E-state index is 12.4. The van der Waals surface area contributed by atoms with Crippen molar-refractivity contribution in [2.45, 2.75) is 17.7 Å². The summed E-state index contributed by atoms with van der Waals surface area (Å²) in [5, 5.41) is 0.295. The van der Waals surface area contributed by atoms with E-state index in [-0.39, 0.29) is 10.3 Å². The van der Waals surface area contributed by atoms with Crippen LogP contribution < -0.4 is 0 Å². The molecule has 2 aliphatic heterocycles. The van der Waals surface area contributed by atoms with Crippen molar-refractivity contribution in [3.8, 4) is 0 Å². The fourth-order valence-electron chi connectivity index (χ4n) is 2.54. The lowest BCUT2D eigenvalue weighted by Gasteiger charge is -2.46. The van der Waals surface area contributed by atoms with Crippen LogP contribution in [0.1, 0.15) is 12.8 Å². The molecule has 0 saturated carbocycles. The van der Waals surface area contributed by atoms with Gasteiger partial charge in [0.15, 0.2) is 0 Å². The molecule has 2 fully saturated rings. The second kappa shape index (κ2) is 4.70. The maximum Gasteiger partial charge on any atom is 0.244 e. The van der Waals surface area contributed by atoms with Crippen LogP contribution in [0.5, 0.6) is 0 Å². The first-order valence-electron chi connectivity index (χ1n) is 6.21. The summed E-state index contributed by atoms with van der Waals surface area (Å²) in [6.07, 6.45) is 3.05. The lowest BCUT2D eigenvalue weighted by Crippen LogP contribution is -2.51. The number of rotatable bonds is 2. The highest BCUT2D eigenvalue weighted by atomic mass is 35.5. The lowest BCUT2D eigenvalue weighted by molar-refractivity contribution is -0.133. The average Bonchev–Trinajstić information content (AvgIpc) is 2.37. The second-order valence-electron chi connectivity index (χ2n) is 5.21. The van der Waals surface area contributed by atoms with Gasteiger partial charge in [-0.05, 0) is 25.0 Å². The zero-order valence-corrected chi connectivity index (χ0v) is 12.0. The van der Waals surface area contributed by atoms with Crippen LogP contribution in [0, 0.1) is 5.41 Å². The number of pyridine rings is 1. The van der Waals surface area contributed by atoms with Crippen molar-refractivity contribution in [2.24, 2.45) is 5.41 Å². The zero-order chi connectivity index (χ0) is 13.5. The topological polar surface area (TPSA) is 59.5 Å². The minimum atomic E-state index is -3.44. The van der Waals surface area contributed by atoms with E-state index in [2.05, 4.69) is 4.98 Å². The molecule has 7 heteroatoms. The first-order valence-corrected chi connectivity index (χ1v) is 8.03. The maximum atomic E-state index is 12.4. The van der Waals surface area contributed by atoms with Gasteiger partial charge in [0.05, 0.1) is 13.2 Å². The molecule has 2 aliphatic rings. The molecule has 0 radical (unpaired) electrons. The van der Waals surface area contributed by atoms with Crippen molar-refractivity contribution < 1.29 is 13.2 Å². The molecule has 0 N–H and O–H groups in total. The average molecular weight is 303 g/mol. The Balaban J connectivity index is 1.76. The van der Waals surface area contributed by atoms with Crippen LogP contribution in [0.3, 0.4) is 0 Å². The Bertz CT molecular complexity index is 559. The molecule has 0 aromatic carbocycles. The number of nitrogens with zero attached hydrogens (tertiary/aromatic N) is 2. The minimum absolute atomic E-state index is 0.206. The Morgan fingerprint density at radius 3 is 2.42 bits per heavy atom. The normalized spacial score (nSPS) is 23.2. The van der Waals surface area contributed by atoms with Gasteiger partial charge in [-0.1, -0.05) is 11.6 Å². The summed E-state index contributed by atoms with van der Waals surface area (Å²) < 4.78 is 31.6. The van der Waals surface area contributed by atoms with Crippen LogP contribution in [-0.4, -0.2) is 44.0 Å². The van der Waals surface area contributed by atoms with E-state index < -0.39 is 10.0 Å². The Kier molecular flexibility index (Phi) is 3.29. The highest BCUT2D eigenvalue weighted by molar-refractivity contribution is 7.89. The van der Waals surface area contributed by atoms with Crippen LogP contribution in [0.2, 0.25) is 5.15 Å². The Morgan fingerprint density at radius 1 is 1.26 bits per heavy atom. The lowest BCUT2D eigenvalue weighted by atomic mass is 9.77. The number of hydrogen-bond donors (Lipinski definition) is 0. The first-order chi connectivity index (χ1) is 9.02. The fraction of sp³-hybridized carbons (Fsp3) is 0.583. The molecule has 0 unspecified atom stereocenters. The van der Waals surface area contributed by atoms with Gasteiger partial charge in [0.1, 0.15) is 10.0 Å². The van der Waals surface area contributed by atoms with Gasteiger partial charge in [-0.15, -0.1) is 0 Å². The molecule has 1 aromatic heterocycles. The van der Waals surface area contributed by atoms with E-state index in [0.717, 1.165) is 26.1 Å². The van der Waals surface area contributed by atoms with Gasteiger partial charge < -0.3 is 4.74 Å². The van der Waals surface area contributed by atoms with E-state index in [9.17, 15) is 8.42 Å². The quantitative estimate of drug-likeness (QED) is 0.778. The third-order valence-corrected chi connectivity index (χ3v) is 6.04. The predicted octanol–water partition coefficient (Wildman–Crippen LogP) is 1.54. The van der Waals surface area contributed by atoms with Crippen LogP contribution in [0.4, 0.5) is 0 Å². The summed E-state index contributed by atoms with van der Waals surface area (Å²) in [6.45, 7) is 2.63. The van der Waals surface area contributed by atoms with E-state index in [1.807, 2.05) is 0 Å². The van der Waals surface area contributed by atoms with Gasteiger partial charge in [-0.25, -0.2) is 13.4 Å². The van der Waals surface area contributed by atoms with E-state index in [1.165, 1.54) is 22.6 Å². The molecule has 1 aromatic rings. The van der Waals surface area contributed by atoms with Gasteiger partial charge in [-0.2, -0.15) is 4.31 Å². The van der Waals surface area contributed by atoms with Crippen molar-refractivity contribution in [3.05, 3.63) is 23.5 Å². The molecule has 0 aliphatic carbocycles. The number of ether oxygens (including phenoxy) is 1. The largest absolute Gasteiger partial charge is 0.380 e. The molecule has 104 valence electrons. The standard InChI is InChI=1S/C12H15ClN2O3S/c13-11-2-1-10(7-14-11)19(16,17)15-5-3-12(4-6-15)8-18-9-12/h1-2,7H,3-6,8-9H2. The van der Waals surface area contributed by atoms with E-state index in [4.69, 9.17) is 16.3 Å². The number of halogens is 1. The molecule has 3 heterocycles. The summed E-state index contributed by atoms with van der Waals surface area (Å²) >= 11 is 5.68. The third-order valence-electron chi connectivity index (χ3n) is 3.94. The summed E-state index contributed by atoms with van der Waals surface area (Å²) in [5.41, 5.74) is 0.226. The van der Waals surface area contributed by atoms with Gasteiger partial charge >= 0.3 is 0 Å². The first kappa shape index (κ1) is 13.3. The molecule has 5 nitrogen and oxygen atoms in total. The molecule has 0 bridgehead atoms. The summed E-state index contributed by atoms with van der Waals surface area (Å²) in [4.78, 5) is 4.04. The molecular weight excluding hydrogens is 288 g/mol. The summed E-state index contributed by atoms with van der Waals surface area (Å²) in [7, 11) is -3.44. The SMILES string of the molecule is O=S(=O)(c1ccc(Cl)nc1)N1CCC2(CC1)COC2. The van der Waals surface area contributed by atoms with Crippen LogP contribution in [0.25, 0.3) is 0 Å². The summed E-state index contributed by atoms with van der Waals surface area (Å²) in [5.74, 6) is 0. The summed E-state index contributed by atoms with van der Waals surface area (Å²) in [6, 6.07) is 3.00. The number of aromatic nitrogens is 1. The highest BCUT2D eigenvalue weighted by Crippen LogP contribution is 2.39. The molecule has 1 spiro atoms. The van der Waals surface area contributed by atoms with E-state index in [0.29, 0.717) is 18.2 Å². The number of sulfonamides is 1. The van der Waals surface area contributed by atoms with Gasteiger partial charge in [0, 0.05) is 24.7 Å². The zero-order valence-electron chi connectivity index (χ0n) is 10.4. The monoisotopic (exact) mass is 302 g/mol. The second-order valence-corrected chi connectivity index (χ2v) is 7.54. The Labute approximate surface area is 117 Å². The van der Waals surface area contributed by atoms with E-state index in [1.54, 1.807) is 0 Å². The minimum Gasteiger partial charge on any atom is -0.380 e. The van der Waals surface area contributed by atoms with Crippen LogP contribution in [-0.2, 0) is 14.8 Å². The molecule has 3 rings (SSSR count). The Hall–Kier alpha value is -0.690. The fourth-order valence-corrected chi connectivity index (χ4v) is 4.04. The van der Waals surface area contributed by atoms with Gasteiger partial charge in [-0.3, -0.25) is 0 Å². The highest BCUT2D eigenvalue weighted by Gasteiger charge is 2.43. The molecule has 2 saturated heterocycles. The van der Waals surface area contributed by atoms with Crippen molar-refractivity contribution in [2.75, 3.05) is 26.3 Å². The number of hydrogen-bond acceptors (Lipinski definition) is 4.